The molecular weight excluding hydrogens is 252 g/mol. The molecule has 0 N–H and O–H groups in total. The molecule has 1 saturated heterocycles. The van der Waals surface area contributed by atoms with Crippen LogP contribution in [0.5, 0.6) is 0 Å². The Bertz CT molecular complexity index is 496. The van der Waals surface area contributed by atoms with Gasteiger partial charge in [-0.2, -0.15) is 4.99 Å². The van der Waals surface area contributed by atoms with Crippen molar-refractivity contribution in [3.05, 3.63) is 35.4 Å². The van der Waals surface area contributed by atoms with Gasteiger partial charge in [-0.1, -0.05) is 24.3 Å². The van der Waals surface area contributed by atoms with Crippen LogP contribution in [0.1, 0.15) is 24.0 Å². The van der Waals surface area contributed by atoms with Crippen molar-refractivity contribution in [3.8, 4) is 0 Å². The molecule has 4 nitrogen and oxygen atoms in total. The summed E-state index contributed by atoms with van der Waals surface area (Å²) in [5.74, 6) is 0. The average Bonchev–Trinajstić information content (AvgIpc) is 3.28. The Morgan fingerprint density at radius 3 is 2.50 bits per heavy atom. The van der Waals surface area contributed by atoms with Crippen molar-refractivity contribution in [2.75, 3.05) is 32.8 Å². The molecule has 1 aromatic rings. The zero-order chi connectivity index (χ0) is 13.8. The Kier molecular flexibility index (Phi) is 3.97. The summed E-state index contributed by atoms with van der Waals surface area (Å²) < 4.78 is 5.35. The lowest BCUT2D eigenvalue weighted by molar-refractivity contribution is 0.0384. The van der Waals surface area contributed by atoms with E-state index >= 15 is 0 Å². The number of carbonyl (C=O) groups excluding carboxylic acids is 1. The largest absolute Gasteiger partial charge is 0.379 e. The molecule has 0 bridgehead atoms. The molecule has 1 saturated carbocycles. The first-order valence-electron chi connectivity index (χ1n) is 7.31. The monoisotopic (exact) mass is 272 g/mol. The molecule has 1 aliphatic carbocycles. The summed E-state index contributed by atoms with van der Waals surface area (Å²) in [7, 11) is 0. The highest BCUT2D eigenvalue weighted by molar-refractivity contribution is 5.41. The molecule has 0 radical (unpaired) electrons. The number of isocyanates is 1. The molecular formula is C16H20N2O2. The predicted octanol–water partition coefficient (Wildman–Crippen LogP) is 1.89. The number of hydrogen-bond donors (Lipinski definition) is 0. The SMILES string of the molecule is O=C=NC1(c2ccc(CCN3CCOCC3)cc2)CC1. The van der Waals surface area contributed by atoms with Gasteiger partial charge < -0.3 is 4.74 Å². The predicted molar refractivity (Wildman–Crippen MR) is 76.4 cm³/mol. The van der Waals surface area contributed by atoms with Gasteiger partial charge in [0.05, 0.1) is 18.8 Å². The van der Waals surface area contributed by atoms with Crippen molar-refractivity contribution < 1.29 is 9.53 Å². The minimum atomic E-state index is -0.246. The minimum absolute atomic E-state index is 0.246. The number of morpholine rings is 1. The first-order chi connectivity index (χ1) is 9.82. The first-order valence-corrected chi connectivity index (χ1v) is 7.31. The molecule has 20 heavy (non-hydrogen) atoms. The molecule has 2 aliphatic rings. The van der Waals surface area contributed by atoms with Gasteiger partial charge in [0.25, 0.3) is 0 Å². The third-order valence-electron chi connectivity index (χ3n) is 4.29. The third-order valence-corrected chi connectivity index (χ3v) is 4.29. The van der Waals surface area contributed by atoms with Gasteiger partial charge in [-0.25, -0.2) is 4.79 Å². The Hall–Kier alpha value is -1.48. The lowest BCUT2D eigenvalue weighted by Crippen LogP contribution is -2.37. The fraction of sp³-hybridized carbons (Fsp3) is 0.562. The van der Waals surface area contributed by atoms with Crippen LogP contribution < -0.4 is 0 Å². The van der Waals surface area contributed by atoms with Gasteiger partial charge >= 0.3 is 0 Å². The molecule has 0 amide bonds. The molecule has 2 fully saturated rings. The summed E-state index contributed by atoms with van der Waals surface area (Å²) in [6.07, 6.45) is 4.70. The van der Waals surface area contributed by atoms with Crippen LogP contribution in [-0.2, 0) is 21.5 Å². The third kappa shape index (κ3) is 2.98. The molecule has 1 heterocycles. The first kappa shape index (κ1) is 13.5. The maximum absolute atomic E-state index is 10.5. The van der Waals surface area contributed by atoms with Crippen molar-refractivity contribution in [1.82, 2.24) is 4.90 Å². The summed E-state index contributed by atoms with van der Waals surface area (Å²) in [5.41, 5.74) is 2.24. The normalized spacial score (nSPS) is 21.2. The van der Waals surface area contributed by atoms with E-state index in [2.05, 4.69) is 34.2 Å². The fourth-order valence-corrected chi connectivity index (χ4v) is 2.76. The Balaban J connectivity index is 1.57. The van der Waals surface area contributed by atoms with Crippen molar-refractivity contribution in [3.63, 3.8) is 0 Å². The smallest absolute Gasteiger partial charge is 0.235 e. The van der Waals surface area contributed by atoms with Crippen LogP contribution in [0.3, 0.4) is 0 Å². The van der Waals surface area contributed by atoms with E-state index in [1.807, 2.05) is 0 Å². The number of benzene rings is 1. The van der Waals surface area contributed by atoms with E-state index in [0.29, 0.717) is 0 Å². The minimum Gasteiger partial charge on any atom is -0.379 e. The van der Waals surface area contributed by atoms with Crippen LogP contribution in [-0.4, -0.2) is 43.8 Å². The molecule has 0 aromatic heterocycles. The highest BCUT2D eigenvalue weighted by Crippen LogP contribution is 2.49. The second kappa shape index (κ2) is 5.88. The van der Waals surface area contributed by atoms with Gasteiger partial charge in [0.2, 0.25) is 6.08 Å². The van der Waals surface area contributed by atoms with E-state index < -0.39 is 0 Å². The number of nitrogens with zero attached hydrogens (tertiary/aromatic N) is 2. The molecule has 3 rings (SSSR count). The number of hydrogen-bond acceptors (Lipinski definition) is 4. The van der Waals surface area contributed by atoms with Crippen molar-refractivity contribution in [2.24, 2.45) is 4.99 Å². The summed E-state index contributed by atoms with van der Waals surface area (Å²) in [6.45, 7) is 4.86. The maximum atomic E-state index is 10.5. The summed E-state index contributed by atoms with van der Waals surface area (Å²) in [6, 6.07) is 8.55. The second-order valence-electron chi connectivity index (χ2n) is 5.64. The standard InChI is InChI=1S/C16H20N2O2/c19-13-17-16(6-7-16)15-3-1-14(2-4-15)5-8-18-9-11-20-12-10-18/h1-4H,5-12H2. The fourth-order valence-electron chi connectivity index (χ4n) is 2.76. The average molecular weight is 272 g/mol. The van der Waals surface area contributed by atoms with Crippen LogP contribution >= 0.6 is 0 Å². The van der Waals surface area contributed by atoms with Gasteiger partial charge in [-0.15, -0.1) is 0 Å². The topological polar surface area (TPSA) is 41.9 Å². The summed E-state index contributed by atoms with van der Waals surface area (Å²) in [4.78, 5) is 16.9. The van der Waals surface area contributed by atoms with Crippen LogP contribution in [0.15, 0.2) is 29.3 Å². The van der Waals surface area contributed by atoms with Gasteiger partial charge in [0.15, 0.2) is 0 Å². The van der Waals surface area contributed by atoms with Gasteiger partial charge in [-0.05, 0) is 30.4 Å². The maximum Gasteiger partial charge on any atom is 0.235 e. The summed E-state index contributed by atoms with van der Waals surface area (Å²) >= 11 is 0. The van der Waals surface area contributed by atoms with Crippen LogP contribution in [0, 0.1) is 0 Å². The molecule has 0 atom stereocenters. The van der Waals surface area contributed by atoms with Gasteiger partial charge in [-0.3, -0.25) is 4.90 Å². The van der Waals surface area contributed by atoms with Gasteiger partial charge in [0.1, 0.15) is 0 Å². The van der Waals surface area contributed by atoms with Gasteiger partial charge in [0, 0.05) is 19.6 Å². The zero-order valence-electron chi connectivity index (χ0n) is 11.7. The van der Waals surface area contributed by atoms with Crippen molar-refractivity contribution in [2.45, 2.75) is 24.8 Å². The molecule has 106 valence electrons. The lowest BCUT2D eigenvalue weighted by atomic mass is 10.0. The van der Waals surface area contributed by atoms with E-state index in [1.54, 1.807) is 6.08 Å². The molecule has 1 aliphatic heterocycles. The highest BCUT2D eigenvalue weighted by Gasteiger charge is 2.44. The van der Waals surface area contributed by atoms with E-state index in [0.717, 1.165) is 57.7 Å². The van der Waals surface area contributed by atoms with E-state index in [4.69, 9.17) is 4.74 Å². The van der Waals surface area contributed by atoms with Crippen LogP contribution in [0.2, 0.25) is 0 Å². The van der Waals surface area contributed by atoms with Crippen molar-refractivity contribution >= 4 is 6.08 Å². The molecule has 1 aromatic carbocycles. The number of ether oxygens (including phenoxy) is 1. The quantitative estimate of drug-likeness (QED) is 0.607. The lowest BCUT2D eigenvalue weighted by Gasteiger charge is -2.26. The second-order valence-corrected chi connectivity index (χ2v) is 5.64. The van der Waals surface area contributed by atoms with E-state index in [9.17, 15) is 4.79 Å². The summed E-state index contributed by atoms with van der Waals surface area (Å²) in [5, 5.41) is 0. The van der Waals surface area contributed by atoms with E-state index in [1.165, 1.54) is 5.56 Å². The Labute approximate surface area is 119 Å². The van der Waals surface area contributed by atoms with Crippen LogP contribution in [0.4, 0.5) is 0 Å². The number of rotatable bonds is 5. The molecule has 4 heteroatoms. The van der Waals surface area contributed by atoms with Crippen LogP contribution in [0.25, 0.3) is 0 Å². The molecule has 0 unspecified atom stereocenters. The number of aliphatic imine (C=N–C) groups is 1. The Morgan fingerprint density at radius 2 is 1.90 bits per heavy atom. The zero-order valence-corrected chi connectivity index (χ0v) is 11.7. The van der Waals surface area contributed by atoms with Crippen molar-refractivity contribution in [1.29, 1.82) is 0 Å². The Morgan fingerprint density at radius 1 is 1.20 bits per heavy atom. The van der Waals surface area contributed by atoms with E-state index in [-0.39, 0.29) is 5.54 Å². The molecule has 0 spiro atoms. The highest BCUT2D eigenvalue weighted by atomic mass is 16.5.